The molecule has 0 spiro atoms. The Balaban J connectivity index is 2.85. The molecule has 0 radical (unpaired) electrons. The average molecular weight is 303 g/mol. The van der Waals surface area contributed by atoms with Crippen molar-refractivity contribution >= 4 is 21.7 Å². The highest BCUT2D eigenvalue weighted by Crippen LogP contribution is 2.30. The lowest BCUT2D eigenvalue weighted by Crippen LogP contribution is -2.18. The maximum absolute atomic E-state index is 11.7. The van der Waals surface area contributed by atoms with Crippen LogP contribution in [0.4, 0.5) is 5.69 Å². The topological polar surface area (TPSA) is 102 Å². The second-order valence-electron chi connectivity index (χ2n) is 3.86. The van der Waals surface area contributed by atoms with Crippen LogP contribution >= 0.6 is 0 Å². The highest BCUT2D eigenvalue weighted by molar-refractivity contribution is 7.92. The minimum Gasteiger partial charge on any atom is -0.493 e. The number of carboxylic acid groups (broad SMARTS) is 1. The lowest BCUT2D eigenvalue weighted by atomic mass is 10.3. The van der Waals surface area contributed by atoms with Crippen molar-refractivity contribution in [2.45, 2.75) is 13.3 Å². The van der Waals surface area contributed by atoms with E-state index in [1.807, 2.05) is 6.92 Å². The third kappa shape index (κ3) is 4.96. The van der Waals surface area contributed by atoms with E-state index < -0.39 is 28.2 Å². The number of methoxy groups -OCH3 is 1. The first kappa shape index (κ1) is 16.1. The number of benzene rings is 1. The molecule has 7 nitrogen and oxygen atoms in total. The van der Waals surface area contributed by atoms with Crippen LogP contribution < -0.4 is 14.2 Å². The van der Waals surface area contributed by atoms with Gasteiger partial charge in [0, 0.05) is 6.07 Å². The number of carboxylic acids is 1. The van der Waals surface area contributed by atoms with Gasteiger partial charge in [0.05, 0.1) is 31.6 Å². The normalized spacial score (nSPS) is 10.9. The summed E-state index contributed by atoms with van der Waals surface area (Å²) in [6.07, 6.45) is -0.455. The molecule has 1 aromatic carbocycles. The molecular formula is C12H17NO6S. The largest absolute Gasteiger partial charge is 0.493 e. The molecule has 0 aliphatic heterocycles. The molecular weight excluding hydrogens is 286 g/mol. The number of nitrogens with one attached hydrogen (secondary N) is 1. The van der Waals surface area contributed by atoms with E-state index in [0.717, 1.165) is 0 Å². The zero-order chi connectivity index (χ0) is 15.2. The number of anilines is 1. The second-order valence-corrected chi connectivity index (χ2v) is 5.71. The standard InChI is InChI=1S/C12H17NO6S/c1-3-19-10-5-4-9(8-11(10)18-2)13-20(16,17)7-6-12(14)15/h4-5,8,13H,3,6-7H2,1-2H3,(H,14,15). The molecule has 0 aliphatic carbocycles. The molecule has 112 valence electrons. The lowest BCUT2D eigenvalue weighted by Gasteiger charge is -2.12. The highest BCUT2D eigenvalue weighted by atomic mass is 32.2. The van der Waals surface area contributed by atoms with Gasteiger partial charge in [0.2, 0.25) is 10.0 Å². The Morgan fingerprint density at radius 1 is 1.35 bits per heavy atom. The van der Waals surface area contributed by atoms with Gasteiger partial charge in [-0.25, -0.2) is 8.42 Å². The fourth-order valence-electron chi connectivity index (χ4n) is 1.46. The van der Waals surface area contributed by atoms with E-state index in [2.05, 4.69) is 4.72 Å². The molecule has 1 rings (SSSR count). The Morgan fingerprint density at radius 2 is 2.05 bits per heavy atom. The summed E-state index contributed by atoms with van der Waals surface area (Å²) in [6, 6.07) is 4.58. The van der Waals surface area contributed by atoms with Crippen molar-refractivity contribution in [1.82, 2.24) is 0 Å². The SMILES string of the molecule is CCOc1ccc(NS(=O)(=O)CCC(=O)O)cc1OC. The van der Waals surface area contributed by atoms with Crippen LogP contribution in [-0.4, -0.2) is 39.0 Å². The number of rotatable bonds is 8. The molecule has 0 heterocycles. The molecule has 0 amide bonds. The van der Waals surface area contributed by atoms with E-state index >= 15 is 0 Å². The van der Waals surface area contributed by atoms with Crippen molar-refractivity contribution in [1.29, 1.82) is 0 Å². The van der Waals surface area contributed by atoms with Gasteiger partial charge in [0.25, 0.3) is 0 Å². The molecule has 0 aromatic heterocycles. The molecule has 0 aliphatic rings. The summed E-state index contributed by atoms with van der Waals surface area (Å²) in [5.74, 6) is -0.758. The van der Waals surface area contributed by atoms with E-state index in [1.165, 1.54) is 19.2 Å². The van der Waals surface area contributed by atoms with Gasteiger partial charge in [-0.2, -0.15) is 0 Å². The molecule has 2 N–H and O–H groups in total. The lowest BCUT2D eigenvalue weighted by molar-refractivity contribution is -0.136. The van der Waals surface area contributed by atoms with Gasteiger partial charge < -0.3 is 14.6 Å². The van der Waals surface area contributed by atoms with Crippen LogP contribution in [0.3, 0.4) is 0 Å². The predicted molar refractivity (Wildman–Crippen MR) is 73.8 cm³/mol. The highest BCUT2D eigenvalue weighted by Gasteiger charge is 2.14. The number of hydrogen-bond acceptors (Lipinski definition) is 5. The van der Waals surface area contributed by atoms with E-state index in [0.29, 0.717) is 18.1 Å². The van der Waals surface area contributed by atoms with E-state index in [1.54, 1.807) is 6.07 Å². The zero-order valence-electron chi connectivity index (χ0n) is 11.3. The molecule has 20 heavy (non-hydrogen) atoms. The minimum atomic E-state index is -3.71. The van der Waals surface area contributed by atoms with Crippen molar-refractivity contribution < 1.29 is 27.8 Å². The molecule has 0 saturated heterocycles. The van der Waals surface area contributed by atoms with Crippen LogP contribution in [0.2, 0.25) is 0 Å². The quantitative estimate of drug-likeness (QED) is 0.750. The summed E-state index contributed by atoms with van der Waals surface area (Å²) < 4.78 is 36.0. The molecule has 8 heteroatoms. The fourth-order valence-corrected chi connectivity index (χ4v) is 2.49. The maximum atomic E-state index is 11.7. The first-order valence-electron chi connectivity index (χ1n) is 5.91. The van der Waals surface area contributed by atoms with Crippen LogP contribution in [0.1, 0.15) is 13.3 Å². The maximum Gasteiger partial charge on any atom is 0.304 e. The van der Waals surface area contributed by atoms with Crippen LogP contribution in [0.25, 0.3) is 0 Å². The van der Waals surface area contributed by atoms with Crippen molar-refractivity contribution in [2.75, 3.05) is 24.2 Å². The van der Waals surface area contributed by atoms with E-state index in [9.17, 15) is 13.2 Å². The van der Waals surface area contributed by atoms with Crippen LogP contribution in [0, 0.1) is 0 Å². The van der Waals surface area contributed by atoms with Crippen LogP contribution in [-0.2, 0) is 14.8 Å². The Bertz CT molecular complexity index is 569. The van der Waals surface area contributed by atoms with Gasteiger partial charge in [-0.1, -0.05) is 0 Å². The van der Waals surface area contributed by atoms with Gasteiger partial charge in [0.15, 0.2) is 11.5 Å². The predicted octanol–water partition coefficient (Wildman–Crippen LogP) is 1.31. The monoisotopic (exact) mass is 303 g/mol. The Kier molecular flexibility index (Phi) is 5.63. The summed E-state index contributed by atoms with van der Waals surface area (Å²) >= 11 is 0. The number of carbonyl (C=O) groups is 1. The molecule has 0 unspecified atom stereocenters. The van der Waals surface area contributed by atoms with Gasteiger partial charge >= 0.3 is 5.97 Å². The summed E-state index contributed by atoms with van der Waals surface area (Å²) in [7, 11) is -2.26. The minimum absolute atomic E-state index is 0.288. The third-order valence-electron chi connectivity index (χ3n) is 2.32. The van der Waals surface area contributed by atoms with Crippen molar-refractivity contribution in [3.63, 3.8) is 0 Å². The molecule has 0 atom stereocenters. The Labute approximate surface area is 117 Å². The summed E-state index contributed by atoms with van der Waals surface area (Å²) in [6.45, 7) is 2.28. The summed E-state index contributed by atoms with van der Waals surface area (Å²) in [5, 5.41) is 8.49. The van der Waals surface area contributed by atoms with Crippen LogP contribution in [0.15, 0.2) is 18.2 Å². The fraction of sp³-hybridized carbons (Fsp3) is 0.417. The summed E-state index contributed by atoms with van der Waals surface area (Å²) in [5.41, 5.74) is 0.288. The van der Waals surface area contributed by atoms with Crippen molar-refractivity contribution in [2.24, 2.45) is 0 Å². The average Bonchev–Trinajstić information content (AvgIpc) is 2.38. The first-order chi connectivity index (χ1) is 9.38. The van der Waals surface area contributed by atoms with Gasteiger partial charge in [-0.3, -0.25) is 9.52 Å². The van der Waals surface area contributed by atoms with Gasteiger partial charge in [-0.05, 0) is 19.1 Å². The third-order valence-corrected chi connectivity index (χ3v) is 3.61. The number of sulfonamides is 1. The molecule has 0 bridgehead atoms. The Hall–Kier alpha value is -1.96. The van der Waals surface area contributed by atoms with Crippen molar-refractivity contribution in [3.05, 3.63) is 18.2 Å². The summed E-state index contributed by atoms with van der Waals surface area (Å²) in [4.78, 5) is 10.4. The number of hydrogen-bond donors (Lipinski definition) is 2. The van der Waals surface area contributed by atoms with Gasteiger partial charge in [0.1, 0.15) is 0 Å². The molecule has 1 aromatic rings. The molecule has 0 saturated carbocycles. The second kappa shape index (κ2) is 6.99. The van der Waals surface area contributed by atoms with E-state index in [-0.39, 0.29) is 5.69 Å². The molecule has 0 fully saturated rings. The van der Waals surface area contributed by atoms with E-state index in [4.69, 9.17) is 14.6 Å². The smallest absolute Gasteiger partial charge is 0.304 e. The number of aliphatic carboxylic acids is 1. The van der Waals surface area contributed by atoms with Crippen molar-refractivity contribution in [3.8, 4) is 11.5 Å². The zero-order valence-corrected chi connectivity index (χ0v) is 12.1. The number of ether oxygens (including phenoxy) is 2. The first-order valence-corrected chi connectivity index (χ1v) is 7.56. The Morgan fingerprint density at radius 3 is 2.60 bits per heavy atom. The van der Waals surface area contributed by atoms with Crippen LogP contribution in [0.5, 0.6) is 11.5 Å². The van der Waals surface area contributed by atoms with Gasteiger partial charge in [-0.15, -0.1) is 0 Å².